The molecule has 38 heavy (non-hydrogen) atoms. The zero-order valence-electron chi connectivity index (χ0n) is 22.6. The monoisotopic (exact) mass is 532 g/mol. The summed E-state index contributed by atoms with van der Waals surface area (Å²) in [5.74, 6) is 4.47. The number of ether oxygens (including phenoxy) is 7. The van der Waals surface area contributed by atoms with Gasteiger partial charge in [0.2, 0.25) is 0 Å². The van der Waals surface area contributed by atoms with Gasteiger partial charge in [0.05, 0.1) is 39.3 Å². The van der Waals surface area contributed by atoms with Crippen molar-refractivity contribution >= 4 is 0 Å². The van der Waals surface area contributed by atoms with Gasteiger partial charge in [-0.3, -0.25) is 0 Å². The van der Waals surface area contributed by atoms with Crippen LogP contribution in [-0.4, -0.2) is 73.8 Å². The summed E-state index contributed by atoms with van der Waals surface area (Å²) in [5.41, 5.74) is -1.43. The molecular formula is C30H44O8. The summed E-state index contributed by atoms with van der Waals surface area (Å²) in [6.07, 6.45) is 26.0. The highest BCUT2D eigenvalue weighted by Crippen LogP contribution is 2.43. The molecule has 1 N–H and O–H groups in total. The van der Waals surface area contributed by atoms with Gasteiger partial charge < -0.3 is 38.3 Å². The maximum Gasteiger partial charge on any atom is 0.168 e. The highest BCUT2D eigenvalue weighted by Gasteiger charge is 2.47. The van der Waals surface area contributed by atoms with Gasteiger partial charge in [0.1, 0.15) is 11.2 Å². The minimum Gasteiger partial charge on any atom is -0.502 e. The van der Waals surface area contributed by atoms with Crippen LogP contribution in [0.4, 0.5) is 0 Å². The van der Waals surface area contributed by atoms with Crippen molar-refractivity contribution in [1.29, 1.82) is 0 Å². The Balaban J connectivity index is 0.000000152. The minimum atomic E-state index is -0.930. The van der Waals surface area contributed by atoms with E-state index in [1.807, 2.05) is 6.08 Å². The molecule has 0 amide bonds. The fraction of sp³-hybridized carbons (Fsp3) is 0.800. The second kappa shape index (κ2) is 13.6. The number of hydrogen-bond donors (Lipinski definition) is 1. The van der Waals surface area contributed by atoms with E-state index in [-0.39, 0.29) is 6.29 Å². The van der Waals surface area contributed by atoms with E-state index in [0.29, 0.717) is 52.1 Å². The fourth-order valence-electron chi connectivity index (χ4n) is 5.64. The van der Waals surface area contributed by atoms with Gasteiger partial charge in [0.15, 0.2) is 17.9 Å². The summed E-state index contributed by atoms with van der Waals surface area (Å²) >= 11 is 0. The molecule has 0 aromatic carbocycles. The topological polar surface area (TPSA) is 84.8 Å². The van der Waals surface area contributed by atoms with E-state index in [0.717, 1.165) is 58.2 Å². The first-order chi connectivity index (χ1) is 18.4. The lowest BCUT2D eigenvalue weighted by Crippen LogP contribution is -2.46. The molecule has 6 rings (SSSR count). The van der Waals surface area contributed by atoms with Gasteiger partial charge in [0, 0.05) is 32.3 Å². The van der Waals surface area contributed by atoms with E-state index in [1.165, 1.54) is 12.8 Å². The van der Waals surface area contributed by atoms with Crippen LogP contribution in [-0.2, 0) is 33.2 Å². The number of aliphatic hydroxyl groups is 1. The summed E-state index contributed by atoms with van der Waals surface area (Å²) in [4.78, 5) is 0. The van der Waals surface area contributed by atoms with E-state index in [2.05, 4.69) is 11.8 Å². The summed E-state index contributed by atoms with van der Waals surface area (Å²) < 4.78 is 39.1. The van der Waals surface area contributed by atoms with Crippen LogP contribution in [0.5, 0.6) is 0 Å². The number of rotatable bonds is 2. The quantitative estimate of drug-likeness (QED) is 0.530. The molecule has 0 bridgehead atoms. The smallest absolute Gasteiger partial charge is 0.168 e. The zero-order chi connectivity index (χ0) is 26.8. The van der Waals surface area contributed by atoms with Gasteiger partial charge in [-0.25, -0.2) is 0 Å². The van der Waals surface area contributed by atoms with Crippen LogP contribution in [0.1, 0.15) is 83.5 Å². The predicted molar refractivity (Wildman–Crippen MR) is 141 cm³/mol. The molecule has 4 heterocycles. The summed E-state index contributed by atoms with van der Waals surface area (Å²) in [5, 5.41) is 9.78. The highest BCUT2D eigenvalue weighted by molar-refractivity contribution is 5.12. The Morgan fingerprint density at radius 2 is 1.32 bits per heavy atom. The molecule has 0 aromatic rings. The average Bonchev–Trinajstić information content (AvgIpc) is 3.65. The Bertz CT molecular complexity index is 809. The van der Waals surface area contributed by atoms with Gasteiger partial charge in [0.25, 0.3) is 0 Å². The summed E-state index contributed by atoms with van der Waals surface area (Å²) in [6, 6.07) is 0. The van der Waals surface area contributed by atoms with Crippen molar-refractivity contribution in [2.24, 2.45) is 0 Å². The zero-order valence-corrected chi connectivity index (χ0v) is 22.6. The van der Waals surface area contributed by atoms with Gasteiger partial charge in [-0.15, -0.1) is 12.8 Å². The fourth-order valence-corrected chi connectivity index (χ4v) is 5.64. The van der Waals surface area contributed by atoms with Gasteiger partial charge >= 0.3 is 0 Å². The molecule has 0 radical (unpaired) electrons. The van der Waals surface area contributed by atoms with Gasteiger partial charge in [-0.2, -0.15) is 0 Å². The second-order valence-corrected chi connectivity index (χ2v) is 10.8. The standard InChI is InChI=1S/C15H22O4.C10H14O3.C5H8O/c1-2-14(19-13-5-3-4-10-16-13)6-8-15(9-7-14)17-11-12-18-15;1-2-9(11)3-5-10(6-4-9)12-7-8-13-10;1-2-4-6-5-3-1/h1,13H,3-12H2;1,11H,3-8H2;2,4H,1,3,5H2. The van der Waals surface area contributed by atoms with Crippen molar-refractivity contribution < 1.29 is 38.3 Å². The molecule has 8 heteroatoms. The first-order valence-electron chi connectivity index (χ1n) is 14.2. The summed E-state index contributed by atoms with van der Waals surface area (Å²) in [7, 11) is 0. The van der Waals surface area contributed by atoms with Crippen LogP contribution in [0.3, 0.4) is 0 Å². The highest BCUT2D eigenvalue weighted by atomic mass is 16.7. The molecule has 5 fully saturated rings. The van der Waals surface area contributed by atoms with E-state index >= 15 is 0 Å². The predicted octanol–water partition coefficient (Wildman–Crippen LogP) is 4.20. The molecule has 3 saturated heterocycles. The Morgan fingerprint density at radius 3 is 1.71 bits per heavy atom. The van der Waals surface area contributed by atoms with Crippen LogP contribution in [0.25, 0.3) is 0 Å². The Kier molecular flexibility index (Phi) is 10.5. The molecule has 2 saturated carbocycles. The van der Waals surface area contributed by atoms with E-state index in [4.69, 9.17) is 46.0 Å². The molecule has 0 aromatic heterocycles. The molecule has 1 unspecified atom stereocenters. The van der Waals surface area contributed by atoms with E-state index in [1.54, 1.807) is 6.26 Å². The second-order valence-electron chi connectivity index (χ2n) is 10.8. The third-order valence-electron chi connectivity index (χ3n) is 8.14. The van der Waals surface area contributed by atoms with Gasteiger partial charge in [-0.1, -0.05) is 11.8 Å². The number of allylic oxidation sites excluding steroid dienone is 1. The first kappa shape index (κ1) is 29.4. The van der Waals surface area contributed by atoms with Crippen molar-refractivity contribution in [1.82, 2.24) is 0 Å². The minimum absolute atomic E-state index is 0.135. The van der Waals surface area contributed by atoms with Crippen LogP contribution in [0.2, 0.25) is 0 Å². The number of terminal acetylenes is 2. The lowest BCUT2D eigenvalue weighted by atomic mass is 9.81. The van der Waals surface area contributed by atoms with Crippen molar-refractivity contribution in [3.63, 3.8) is 0 Å². The molecule has 8 nitrogen and oxygen atoms in total. The Morgan fingerprint density at radius 1 is 0.711 bits per heavy atom. The largest absolute Gasteiger partial charge is 0.502 e. The molecule has 4 aliphatic heterocycles. The molecule has 1 atom stereocenters. The number of hydrogen-bond acceptors (Lipinski definition) is 8. The molecule has 6 aliphatic rings. The Hall–Kier alpha value is -1.62. The van der Waals surface area contributed by atoms with Crippen LogP contribution in [0, 0.1) is 24.7 Å². The van der Waals surface area contributed by atoms with Crippen LogP contribution in [0.15, 0.2) is 12.3 Å². The third kappa shape index (κ3) is 7.96. The normalized spacial score (nSPS) is 32.6. The van der Waals surface area contributed by atoms with E-state index in [9.17, 15) is 5.11 Å². The summed E-state index contributed by atoms with van der Waals surface area (Å²) in [6.45, 7) is 4.40. The molecular weight excluding hydrogens is 488 g/mol. The van der Waals surface area contributed by atoms with Crippen molar-refractivity contribution in [2.75, 3.05) is 39.6 Å². The van der Waals surface area contributed by atoms with Crippen molar-refractivity contribution in [3.8, 4) is 24.7 Å². The van der Waals surface area contributed by atoms with Crippen LogP contribution < -0.4 is 0 Å². The molecule has 2 aliphatic carbocycles. The lowest BCUT2D eigenvalue weighted by Gasteiger charge is -2.42. The van der Waals surface area contributed by atoms with Crippen molar-refractivity contribution in [2.45, 2.75) is 113 Å². The first-order valence-corrected chi connectivity index (χ1v) is 14.2. The SMILES string of the molecule is C#CC1(O)CCC2(CC1)OCCO2.C#CC1(OC2CCCCO2)CCC2(CC1)OCCO2.C1=COCCC1. The Labute approximate surface area is 227 Å². The van der Waals surface area contributed by atoms with Crippen molar-refractivity contribution in [3.05, 3.63) is 12.3 Å². The molecule has 212 valence electrons. The molecule has 2 spiro atoms. The maximum absolute atomic E-state index is 9.78. The maximum atomic E-state index is 9.78. The average molecular weight is 533 g/mol. The van der Waals surface area contributed by atoms with Gasteiger partial charge in [-0.05, 0) is 63.9 Å². The third-order valence-corrected chi connectivity index (χ3v) is 8.14. The van der Waals surface area contributed by atoms with E-state index < -0.39 is 22.8 Å². The van der Waals surface area contributed by atoms with Crippen LogP contribution >= 0.6 is 0 Å². The lowest BCUT2D eigenvalue weighted by molar-refractivity contribution is -0.246.